The van der Waals surface area contributed by atoms with Crippen molar-refractivity contribution in [2.45, 2.75) is 40.2 Å². The molecule has 4 amide bonds. The molecule has 0 radical (unpaired) electrons. The summed E-state index contributed by atoms with van der Waals surface area (Å²) >= 11 is 0. The van der Waals surface area contributed by atoms with Crippen molar-refractivity contribution in [2.24, 2.45) is 5.92 Å². The van der Waals surface area contributed by atoms with Crippen molar-refractivity contribution in [3.8, 4) is 0 Å². The quantitative estimate of drug-likeness (QED) is 0.302. The third-order valence-electron chi connectivity index (χ3n) is 6.35. The fourth-order valence-electron chi connectivity index (χ4n) is 4.49. The van der Waals surface area contributed by atoms with E-state index < -0.39 is 12.0 Å². The van der Waals surface area contributed by atoms with Gasteiger partial charge in [0.1, 0.15) is 0 Å². The average molecular weight is 515 g/mol. The summed E-state index contributed by atoms with van der Waals surface area (Å²) in [5.41, 5.74) is 3.00. The van der Waals surface area contributed by atoms with E-state index in [1.807, 2.05) is 63.2 Å². The number of nitrogens with zero attached hydrogens (tertiary/aromatic N) is 1. The second-order valence-corrected chi connectivity index (χ2v) is 9.75. The first-order valence-electron chi connectivity index (χ1n) is 12.9. The number of anilines is 2. The number of ether oxygens (including phenoxy) is 1. The van der Waals surface area contributed by atoms with Gasteiger partial charge < -0.3 is 20.7 Å². The van der Waals surface area contributed by atoms with E-state index in [4.69, 9.17) is 4.74 Å². The summed E-state index contributed by atoms with van der Waals surface area (Å²) < 4.78 is 5.55. The molecule has 3 aromatic carbocycles. The smallest absolute Gasteiger partial charge is 0.338 e. The summed E-state index contributed by atoms with van der Waals surface area (Å²) in [6, 6.07) is 19.4. The molecule has 0 unspecified atom stereocenters. The van der Waals surface area contributed by atoms with Crippen molar-refractivity contribution in [1.82, 2.24) is 10.2 Å². The summed E-state index contributed by atoms with van der Waals surface area (Å²) in [5.74, 6) is -0.257. The Labute approximate surface area is 223 Å². The fraction of sp³-hybridized carbons (Fsp3) is 0.300. The largest absolute Gasteiger partial charge is 0.462 e. The maximum atomic E-state index is 13.1. The molecule has 0 saturated carbocycles. The van der Waals surface area contributed by atoms with Crippen LogP contribution in [0.4, 0.5) is 21.0 Å². The first-order chi connectivity index (χ1) is 18.3. The van der Waals surface area contributed by atoms with Crippen LogP contribution in [0.2, 0.25) is 0 Å². The highest BCUT2D eigenvalue weighted by atomic mass is 16.5. The standard InChI is InChI=1S/C30H34N4O4/c1-5-17-34-20(4)26(28(35)38-18-19(2)3)27(33-30(34)37)22-13-15-23(16-14-22)31-29(36)32-25-12-8-10-21-9-6-7-11-24(21)25/h6-16,19,27H,5,17-18H2,1-4H3,(H,33,37)(H2,31,32,36)/t27-/m0/s1. The van der Waals surface area contributed by atoms with Crippen LogP contribution in [0.5, 0.6) is 0 Å². The first kappa shape index (κ1) is 26.7. The second-order valence-electron chi connectivity index (χ2n) is 9.75. The monoisotopic (exact) mass is 514 g/mol. The maximum Gasteiger partial charge on any atom is 0.338 e. The molecule has 1 aliphatic rings. The Bertz CT molecular complexity index is 1360. The predicted molar refractivity (Wildman–Crippen MR) is 150 cm³/mol. The van der Waals surface area contributed by atoms with E-state index in [2.05, 4.69) is 16.0 Å². The van der Waals surface area contributed by atoms with Crippen molar-refractivity contribution >= 4 is 40.2 Å². The minimum atomic E-state index is -0.658. The van der Waals surface area contributed by atoms with Gasteiger partial charge in [0.2, 0.25) is 0 Å². The molecule has 0 fully saturated rings. The third-order valence-corrected chi connectivity index (χ3v) is 6.35. The number of amides is 4. The van der Waals surface area contributed by atoms with Crippen LogP contribution in [0, 0.1) is 5.92 Å². The van der Waals surface area contributed by atoms with Crippen LogP contribution in [0.3, 0.4) is 0 Å². The van der Waals surface area contributed by atoms with Crippen LogP contribution in [0.1, 0.15) is 45.7 Å². The second kappa shape index (κ2) is 11.8. The van der Waals surface area contributed by atoms with E-state index in [1.165, 1.54) is 0 Å². The maximum absolute atomic E-state index is 13.1. The van der Waals surface area contributed by atoms with Gasteiger partial charge in [-0.15, -0.1) is 0 Å². The van der Waals surface area contributed by atoms with Gasteiger partial charge in [-0.1, -0.05) is 69.3 Å². The van der Waals surface area contributed by atoms with Crippen molar-refractivity contribution in [2.75, 3.05) is 23.8 Å². The molecule has 1 atom stereocenters. The summed E-state index contributed by atoms with van der Waals surface area (Å²) in [6.45, 7) is 8.49. The van der Waals surface area contributed by atoms with Gasteiger partial charge in [-0.3, -0.25) is 4.90 Å². The summed E-state index contributed by atoms with van der Waals surface area (Å²) in [5, 5.41) is 10.7. The third kappa shape index (κ3) is 5.96. The fourth-order valence-corrected chi connectivity index (χ4v) is 4.49. The number of carbonyl (C=O) groups is 3. The first-order valence-corrected chi connectivity index (χ1v) is 12.9. The molecule has 0 saturated heterocycles. The number of benzene rings is 3. The molecule has 0 bridgehead atoms. The van der Waals surface area contributed by atoms with E-state index in [0.717, 1.165) is 17.2 Å². The van der Waals surface area contributed by atoms with Gasteiger partial charge in [0.25, 0.3) is 0 Å². The van der Waals surface area contributed by atoms with Gasteiger partial charge in [0, 0.05) is 23.3 Å². The predicted octanol–water partition coefficient (Wildman–Crippen LogP) is 6.43. The molecule has 0 aromatic heterocycles. The van der Waals surface area contributed by atoms with Crippen molar-refractivity contribution in [1.29, 1.82) is 0 Å². The highest BCUT2D eigenvalue weighted by Gasteiger charge is 2.36. The Morgan fingerprint density at radius 3 is 2.42 bits per heavy atom. The SMILES string of the molecule is CCCN1C(=O)N[C@@H](c2ccc(NC(=O)Nc3cccc4ccccc34)cc2)C(C(=O)OCC(C)C)=C1C. The summed E-state index contributed by atoms with van der Waals surface area (Å²) in [6.07, 6.45) is 0.755. The number of nitrogens with one attached hydrogen (secondary N) is 3. The minimum absolute atomic E-state index is 0.189. The van der Waals surface area contributed by atoms with E-state index in [9.17, 15) is 14.4 Å². The van der Waals surface area contributed by atoms with Crippen LogP contribution >= 0.6 is 0 Å². The van der Waals surface area contributed by atoms with Crippen LogP contribution in [0.25, 0.3) is 10.8 Å². The lowest BCUT2D eigenvalue weighted by Crippen LogP contribution is -2.48. The molecule has 0 aliphatic carbocycles. The highest BCUT2D eigenvalue weighted by Crippen LogP contribution is 2.32. The van der Waals surface area contributed by atoms with Crippen molar-refractivity contribution in [3.63, 3.8) is 0 Å². The van der Waals surface area contributed by atoms with Gasteiger partial charge in [-0.25, -0.2) is 14.4 Å². The molecule has 4 rings (SSSR count). The van der Waals surface area contributed by atoms with E-state index >= 15 is 0 Å². The van der Waals surface area contributed by atoms with Crippen LogP contribution in [-0.4, -0.2) is 36.1 Å². The van der Waals surface area contributed by atoms with Crippen molar-refractivity contribution in [3.05, 3.63) is 83.6 Å². The molecule has 1 heterocycles. The van der Waals surface area contributed by atoms with Gasteiger partial charge in [-0.2, -0.15) is 0 Å². The molecule has 0 spiro atoms. The van der Waals surface area contributed by atoms with Gasteiger partial charge in [0.15, 0.2) is 0 Å². The minimum Gasteiger partial charge on any atom is -0.462 e. The average Bonchev–Trinajstić information content (AvgIpc) is 2.90. The topological polar surface area (TPSA) is 99.8 Å². The molecule has 8 nitrogen and oxygen atoms in total. The van der Waals surface area contributed by atoms with E-state index in [-0.39, 0.29) is 18.0 Å². The Morgan fingerprint density at radius 1 is 1.00 bits per heavy atom. The number of hydrogen-bond acceptors (Lipinski definition) is 4. The summed E-state index contributed by atoms with van der Waals surface area (Å²) in [4.78, 5) is 40.3. The summed E-state index contributed by atoms with van der Waals surface area (Å²) in [7, 11) is 0. The molecular formula is C30H34N4O4. The number of carbonyl (C=O) groups excluding carboxylic acids is 3. The highest BCUT2D eigenvalue weighted by molar-refractivity contribution is 6.06. The van der Waals surface area contributed by atoms with E-state index in [0.29, 0.717) is 41.4 Å². The molecule has 3 aromatic rings. The normalized spacial score (nSPS) is 15.4. The van der Waals surface area contributed by atoms with Gasteiger partial charge in [-0.05, 0) is 48.4 Å². The number of hydrogen-bond donors (Lipinski definition) is 3. The van der Waals surface area contributed by atoms with Crippen LogP contribution in [-0.2, 0) is 9.53 Å². The Balaban J connectivity index is 1.52. The molecule has 198 valence electrons. The lowest BCUT2D eigenvalue weighted by Gasteiger charge is -2.35. The van der Waals surface area contributed by atoms with Gasteiger partial charge in [0.05, 0.1) is 23.9 Å². The number of rotatable bonds is 8. The molecular weight excluding hydrogens is 480 g/mol. The lowest BCUT2D eigenvalue weighted by atomic mass is 9.94. The van der Waals surface area contributed by atoms with Crippen LogP contribution in [0.15, 0.2) is 78.0 Å². The van der Waals surface area contributed by atoms with Crippen molar-refractivity contribution < 1.29 is 19.1 Å². The Morgan fingerprint density at radius 2 is 1.71 bits per heavy atom. The Kier molecular flexibility index (Phi) is 8.31. The molecule has 38 heavy (non-hydrogen) atoms. The molecule has 1 aliphatic heterocycles. The zero-order valence-electron chi connectivity index (χ0n) is 22.2. The van der Waals surface area contributed by atoms with Gasteiger partial charge >= 0.3 is 18.0 Å². The molecule has 8 heteroatoms. The van der Waals surface area contributed by atoms with E-state index in [1.54, 1.807) is 36.1 Å². The Hall–Kier alpha value is -4.33. The number of allylic oxidation sites excluding steroid dienone is 1. The molecule has 3 N–H and O–H groups in total. The number of esters is 1. The van der Waals surface area contributed by atoms with Crippen LogP contribution < -0.4 is 16.0 Å². The zero-order valence-corrected chi connectivity index (χ0v) is 22.2. The number of fused-ring (bicyclic) bond motifs is 1. The lowest BCUT2D eigenvalue weighted by molar-refractivity contribution is -0.140. The zero-order chi connectivity index (χ0) is 27.2. The number of urea groups is 2.